The molecule has 0 saturated heterocycles. The van der Waals surface area contributed by atoms with Gasteiger partial charge in [0.25, 0.3) is 0 Å². The lowest BCUT2D eigenvalue weighted by Gasteiger charge is -2.11. The van der Waals surface area contributed by atoms with Gasteiger partial charge in [0.1, 0.15) is 10.6 Å². The van der Waals surface area contributed by atoms with Crippen molar-refractivity contribution in [3.63, 3.8) is 0 Å². The van der Waals surface area contributed by atoms with E-state index in [0.717, 1.165) is 16.8 Å². The first-order chi connectivity index (χ1) is 14.7. The Hall–Kier alpha value is -2.84. The Bertz CT molecular complexity index is 1200. The fourth-order valence-corrected chi connectivity index (χ4v) is 4.65. The highest BCUT2D eigenvalue weighted by molar-refractivity contribution is 7.91. The summed E-state index contributed by atoms with van der Waals surface area (Å²) >= 11 is 6.08. The van der Waals surface area contributed by atoms with Gasteiger partial charge < -0.3 is 14.6 Å². The van der Waals surface area contributed by atoms with Gasteiger partial charge in [-0.05, 0) is 43.7 Å². The summed E-state index contributed by atoms with van der Waals surface area (Å²) in [5.41, 5.74) is 2.88. The molecule has 0 atom stereocenters. The van der Waals surface area contributed by atoms with E-state index in [2.05, 4.69) is 10.5 Å². The molecule has 1 N–H and O–H groups in total. The Labute approximate surface area is 186 Å². The fraction of sp³-hybridized carbons (Fsp3) is 0.273. The summed E-state index contributed by atoms with van der Waals surface area (Å²) in [5.74, 6) is -0.0567. The van der Waals surface area contributed by atoms with Crippen molar-refractivity contribution in [2.45, 2.75) is 31.7 Å². The molecule has 0 spiro atoms. The molecule has 9 heteroatoms. The largest absolute Gasteiger partial charge is 0.495 e. The number of amides is 1. The lowest BCUT2D eigenvalue weighted by Crippen LogP contribution is -2.25. The topological polar surface area (TPSA) is 98.5 Å². The molecule has 0 aliphatic heterocycles. The number of nitrogens with one attached hydrogen (secondary N) is 1. The van der Waals surface area contributed by atoms with Crippen LogP contribution < -0.4 is 10.1 Å². The molecule has 3 aromatic rings. The second-order valence-electron chi connectivity index (χ2n) is 7.02. The van der Waals surface area contributed by atoms with Gasteiger partial charge in [-0.3, -0.25) is 4.79 Å². The number of benzene rings is 2. The van der Waals surface area contributed by atoms with Crippen LogP contribution in [0.4, 0.5) is 0 Å². The molecule has 0 aliphatic carbocycles. The summed E-state index contributed by atoms with van der Waals surface area (Å²) in [6.07, 6.45) is -0.194. The third-order valence-electron chi connectivity index (χ3n) is 4.95. The van der Waals surface area contributed by atoms with E-state index >= 15 is 0 Å². The van der Waals surface area contributed by atoms with E-state index in [-0.39, 0.29) is 35.3 Å². The summed E-state index contributed by atoms with van der Waals surface area (Å²) in [6, 6.07) is 11.9. The maximum atomic E-state index is 13.0. The zero-order valence-electron chi connectivity index (χ0n) is 17.4. The third-order valence-corrected chi connectivity index (χ3v) is 7.05. The van der Waals surface area contributed by atoms with Gasteiger partial charge in [0.2, 0.25) is 5.91 Å². The highest BCUT2D eigenvalue weighted by Crippen LogP contribution is 2.33. The fourth-order valence-electron chi connectivity index (χ4n) is 3.01. The summed E-state index contributed by atoms with van der Waals surface area (Å²) in [5, 5.41) is 7.15. The number of nitrogens with zero attached hydrogens (tertiary/aromatic N) is 1. The average Bonchev–Trinajstić information content (AvgIpc) is 3.09. The summed E-state index contributed by atoms with van der Waals surface area (Å²) in [7, 11) is -2.40. The van der Waals surface area contributed by atoms with Crippen molar-refractivity contribution >= 4 is 27.3 Å². The lowest BCUT2D eigenvalue weighted by molar-refractivity contribution is -0.120. The van der Waals surface area contributed by atoms with Crippen molar-refractivity contribution in [2.75, 3.05) is 12.9 Å². The first-order valence-corrected chi connectivity index (χ1v) is 11.6. The van der Waals surface area contributed by atoms with Gasteiger partial charge in [0.15, 0.2) is 15.6 Å². The minimum absolute atomic E-state index is 0.000133. The van der Waals surface area contributed by atoms with Gasteiger partial charge in [-0.1, -0.05) is 35.0 Å². The predicted octanol–water partition coefficient (Wildman–Crippen LogP) is 4.10. The molecule has 0 unspecified atom stereocenters. The zero-order valence-corrected chi connectivity index (χ0v) is 19.0. The second-order valence-corrected chi connectivity index (χ2v) is 9.51. The van der Waals surface area contributed by atoms with Crippen molar-refractivity contribution in [1.29, 1.82) is 0 Å². The van der Waals surface area contributed by atoms with Crippen molar-refractivity contribution in [3.8, 4) is 17.1 Å². The van der Waals surface area contributed by atoms with Crippen LogP contribution in [0.2, 0.25) is 5.02 Å². The maximum Gasteiger partial charge on any atom is 0.221 e. The standard InChI is InChI=1S/C22H23ClN2O5S/c1-14-15(2)25-30-22(14)16-8-9-19(29-3)20(12-16)31(27,28)11-10-21(26)24-13-17-6-4-5-7-18(17)23/h4-9,12H,10-11,13H2,1-3H3,(H,24,26). The van der Waals surface area contributed by atoms with Gasteiger partial charge in [-0.2, -0.15) is 0 Å². The average molecular weight is 463 g/mol. The minimum Gasteiger partial charge on any atom is -0.495 e. The number of carbonyl (C=O) groups excluding carboxylic acids is 1. The van der Waals surface area contributed by atoms with Crippen LogP contribution in [-0.4, -0.2) is 32.3 Å². The van der Waals surface area contributed by atoms with E-state index in [1.54, 1.807) is 30.3 Å². The van der Waals surface area contributed by atoms with Crippen molar-refractivity contribution in [3.05, 3.63) is 64.3 Å². The smallest absolute Gasteiger partial charge is 0.221 e. The summed E-state index contributed by atoms with van der Waals surface area (Å²) in [4.78, 5) is 12.2. The van der Waals surface area contributed by atoms with Crippen LogP contribution in [0.25, 0.3) is 11.3 Å². The number of hydrogen-bond donors (Lipinski definition) is 1. The molecule has 2 aromatic carbocycles. The molecule has 1 heterocycles. The van der Waals surface area contributed by atoms with Crippen LogP contribution in [-0.2, 0) is 21.2 Å². The molecule has 0 radical (unpaired) electrons. The normalized spacial score (nSPS) is 11.4. The predicted molar refractivity (Wildman–Crippen MR) is 118 cm³/mol. The maximum absolute atomic E-state index is 13.0. The van der Waals surface area contributed by atoms with E-state index in [9.17, 15) is 13.2 Å². The van der Waals surface area contributed by atoms with E-state index in [1.165, 1.54) is 13.2 Å². The molecule has 0 saturated carbocycles. The molecule has 31 heavy (non-hydrogen) atoms. The van der Waals surface area contributed by atoms with E-state index in [4.69, 9.17) is 20.9 Å². The molecular formula is C22H23ClN2O5S. The summed E-state index contributed by atoms with van der Waals surface area (Å²) < 4.78 is 36.6. The molecule has 0 aliphatic rings. The van der Waals surface area contributed by atoms with Crippen molar-refractivity contribution in [1.82, 2.24) is 10.5 Å². The number of carbonyl (C=O) groups is 1. The molecule has 1 amide bonds. The molecule has 1 aromatic heterocycles. The van der Waals surface area contributed by atoms with E-state index < -0.39 is 9.84 Å². The van der Waals surface area contributed by atoms with Gasteiger partial charge in [-0.15, -0.1) is 0 Å². The number of aryl methyl sites for hydroxylation is 1. The van der Waals surface area contributed by atoms with Crippen LogP contribution >= 0.6 is 11.6 Å². The van der Waals surface area contributed by atoms with Gasteiger partial charge in [0, 0.05) is 29.1 Å². The molecule has 0 fully saturated rings. The number of hydrogen-bond acceptors (Lipinski definition) is 6. The quantitative estimate of drug-likeness (QED) is 0.541. The highest BCUT2D eigenvalue weighted by atomic mass is 35.5. The Morgan fingerprint density at radius 3 is 2.58 bits per heavy atom. The van der Waals surface area contributed by atoms with Crippen LogP contribution in [0.5, 0.6) is 5.75 Å². The number of aromatic nitrogens is 1. The molecular weight excluding hydrogens is 440 g/mol. The van der Waals surface area contributed by atoms with Gasteiger partial charge in [0.05, 0.1) is 18.6 Å². The van der Waals surface area contributed by atoms with Crippen LogP contribution in [0.15, 0.2) is 51.9 Å². The van der Waals surface area contributed by atoms with Crippen LogP contribution in [0.1, 0.15) is 23.2 Å². The first-order valence-electron chi connectivity index (χ1n) is 9.57. The monoisotopic (exact) mass is 462 g/mol. The minimum atomic E-state index is -3.80. The first kappa shape index (κ1) is 22.8. The zero-order chi connectivity index (χ0) is 22.6. The van der Waals surface area contributed by atoms with Gasteiger partial charge >= 0.3 is 0 Å². The van der Waals surface area contributed by atoms with E-state index in [1.807, 2.05) is 19.9 Å². The molecule has 164 valence electrons. The van der Waals surface area contributed by atoms with Gasteiger partial charge in [-0.25, -0.2) is 8.42 Å². The number of ether oxygens (including phenoxy) is 1. The Morgan fingerprint density at radius 2 is 1.94 bits per heavy atom. The van der Waals surface area contributed by atoms with E-state index in [0.29, 0.717) is 16.3 Å². The van der Waals surface area contributed by atoms with Crippen LogP contribution in [0, 0.1) is 13.8 Å². The second kappa shape index (κ2) is 9.53. The van der Waals surface area contributed by atoms with Crippen molar-refractivity contribution < 1.29 is 22.5 Å². The number of sulfone groups is 1. The van der Waals surface area contributed by atoms with Crippen molar-refractivity contribution in [2.24, 2.45) is 0 Å². The molecule has 0 bridgehead atoms. The Balaban J connectivity index is 1.74. The SMILES string of the molecule is COc1ccc(-c2onc(C)c2C)cc1S(=O)(=O)CCC(=O)NCc1ccccc1Cl. The Kier molecular flexibility index (Phi) is 7.02. The molecule has 3 rings (SSSR count). The summed E-state index contributed by atoms with van der Waals surface area (Å²) in [6.45, 7) is 3.88. The number of methoxy groups -OCH3 is 1. The molecule has 7 nitrogen and oxygen atoms in total. The highest BCUT2D eigenvalue weighted by Gasteiger charge is 2.23. The number of halogens is 1. The van der Waals surface area contributed by atoms with Crippen LogP contribution in [0.3, 0.4) is 0 Å². The number of rotatable bonds is 8. The Morgan fingerprint density at radius 1 is 1.19 bits per heavy atom. The lowest BCUT2D eigenvalue weighted by atomic mass is 10.1. The third kappa shape index (κ3) is 5.26.